The van der Waals surface area contributed by atoms with Crippen LogP contribution in [0.2, 0.25) is 0 Å². The maximum absolute atomic E-state index is 13.4. The molecule has 8 nitrogen and oxygen atoms in total. The van der Waals surface area contributed by atoms with Crippen LogP contribution in [0.25, 0.3) is 5.57 Å². The first-order valence-corrected chi connectivity index (χ1v) is 14.0. The van der Waals surface area contributed by atoms with Crippen molar-refractivity contribution in [2.45, 2.75) is 72.9 Å². The Balaban J connectivity index is 1.47. The molecule has 0 aliphatic carbocycles. The molecular weight excluding hydrogens is 549 g/mol. The van der Waals surface area contributed by atoms with Crippen LogP contribution in [0.5, 0.6) is 0 Å². The Morgan fingerprint density at radius 3 is 2.47 bits per heavy atom. The highest BCUT2D eigenvalue weighted by molar-refractivity contribution is 7.99. The third-order valence-corrected chi connectivity index (χ3v) is 8.41. The number of rotatable bonds is 6. The molecule has 3 aliphatic rings. The van der Waals surface area contributed by atoms with Gasteiger partial charge in [-0.2, -0.15) is 13.2 Å². The van der Waals surface area contributed by atoms with E-state index in [4.69, 9.17) is 21.1 Å². The average Bonchev–Trinajstić information content (AvgIpc) is 3.15. The summed E-state index contributed by atoms with van der Waals surface area (Å²) < 4.78 is 50.6. The third-order valence-electron chi connectivity index (χ3n) is 7.28. The summed E-state index contributed by atoms with van der Waals surface area (Å²) in [7, 11) is 0. The molecule has 0 spiro atoms. The highest BCUT2D eigenvalue weighted by Gasteiger charge is 2.49. The number of aliphatic hydroxyl groups is 3. The van der Waals surface area contributed by atoms with Crippen molar-refractivity contribution >= 4 is 34.8 Å². The van der Waals surface area contributed by atoms with Crippen molar-refractivity contribution in [3.8, 4) is 0 Å². The molecule has 0 radical (unpaired) electrons. The van der Waals surface area contributed by atoms with Crippen LogP contribution in [0.15, 0.2) is 30.3 Å². The largest absolute Gasteiger partial charge is 0.416 e. The van der Waals surface area contributed by atoms with Crippen LogP contribution >= 0.6 is 23.4 Å². The second-order valence-corrected chi connectivity index (χ2v) is 11.4. The second-order valence-electron chi connectivity index (χ2n) is 9.79. The van der Waals surface area contributed by atoms with Gasteiger partial charge in [-0.15, -0.1) is 23.4 Å². The van der Waals surface area contributed by atoms with Crippen LogP contribution in [-0.4, -0.2) is 94.1 Å². The zero-order valence-electron chi connectivity index (χ0n) is 20.8. The van der Waals surface area contributed by atoms with Crippen LogP contribution < -0.4 is 10.6 Å². The molecule has 13 heteroatoms. The molecule has 5 N–H and O–H groups in total. The Morgan fingerprint density at radius 1 is 1.18 bits per heavy atom. The molecule has 1 amide bonds. The molecule has 0 saturated carbocycles. The quantitative estimate of drug-likeness (QED) is 0.323. The predicted molar refractivity (Wildman–Crippen MR) is 137 cm³/mol. The summed E-state index contributed by atoms with van der Waals surface area (Å²) in [6, 6.07) is 3.34. The van der Waals surface area contributed by atoms with Gasteiger partial charge in [-0.05, 0) is 42.9 Å². The molecule has 2 saturated heterocycles. The lowest BCUT2D eigenvalue weighted by Gasteiger charge is -2.44. The number of aliphatic hydroxyl groups excluding tert-OH is 3. The first-order valence-electron chi connectivity index (χ1n) is 12.3. The Labute approximate surface area is 227 Å². The highest BCUT2D eigenvalue weighted by Crippen LogP contribution is 2.34. The molecule has 2 fully saturated rings. The number of fused-ring (bicyclic) bond motifs is 1. The van der Waals surface area contributed by atoms with E-state index in [1.165, 1.54) is 12.1 Å². The van der Waals surface area contributed by atoms with Crippen molar-refractivity contribution < 1.29 is 42.8 Å². The fraction of sp³-hybridized carbons (Fsp3) is 0.640. The van der Waals surface area contributed by atoms with E-state index in [9.17, 15) is 33.3 Å². The Hall–Kier alpha value is -1.38. The first-order chi connectivity index (χ1) is 17.9. The predicted octanol–water partition coefficient (Wildman–Crippen LogP) is 1.75. The van der Waals surface area contributed by atoms with Gasteiger partial charge in [0, 0.05) is 12.5 Å². The average molecular weight is 581 g/mol. The summed E-state index contributed by atoms with van der Waals surface area (Å²) in [5.74, 6) is -0.634. The van der Waals surface area contributed by atoms with E-state index in [1.807, 2.05) is 6.08 Å². The van der Waals surface area contributed by atoms with E-state index in [0.717, 1.165) is 29.5 Å². The van der Waals surface area contributed by atoms with Crippen LogP contribution in [0.4, 0.5) is 13.2 Å². The Bertz CT molecular complexity index is 1010. The molecule has 212 valence electrons. The molecule has 38 heavy (non-hydrogen) atoms. The van der Waals surface area contributed by atoms with Crippen LogP contribution in [0, 0.1) is 5.92 Å². The van der Waals surface area contributed by atoms with Gasteiger partial charge < -0.3 is 35.4 Å². The molecular formula is C25H32ClF3N2O6S. The lowest BCUT2D eigenvalue weighted by Crippen LogP contribution is -2.65. The molecule has 10 atom stereocenters. The summed E-state index contributed by atoms with van der Waals surface area (Å²) in [5.41, 5.74) is -0.0273. The minimum Gasteiger partial charge on any atom is -0.388 e. The SMILES string of the molecule is CSC1O[C@H]([C@H](NC(=O)[C@H]2NC[C@@H]3C=C(c4ccc(C(F)(F)F)cc4)CCO[C@@H]23)[C@H](C)Cl)C(O)C(O)[C@H]1O. The molecule has 1 aromatic rings. The lowest BCUT2D eigenvalue weighted by molar-refractivity contribution is -0.205. The molecule has 0 bridgehead atoms. The number of carbonyl (C=O) groups excluding carboxylic acids is 1. The zero-order valence-corrected chi connectivity index (χ0v) is 22.3. The number of hydrogen-bond acceptors (Lipinski definition) is 8. The van der Waals surface area contributed by atoms with Crippen molar-refractivity contribution in [3.63, 3.8) is 0 Å². The fourth-order valence-corrected chi connectivity index (χ4v) is 6.08. The summed E-state index contributed by atoms with van der Waals surface area (Å²) in [4.78, 5) is 13.4. The van der Waals surface area contributed by atoms with Gasteiger partial charge in [0.15, 0.2) is 0 Å². The number of benzene rings is 1. The van der Waals surface area contributed by atoms with Gasteiger partial charge in [0.25, 0.3) is 0 Å². The van der Waals surface area contributed by atoms with E-state index < -0.39 is 71.1 Å². The van der Waals surface area contributed by atoms with Crippen LogP contribution in [-0.2, 0) is 20.4 Å². The van der Waals surface area contributed by atoms with Crippen molar-refractivity contribution in [1.29, 1.82) is 0 Å². The molecule has 3 heterocycles. The fourth-order valence-electron chi connectivity index (χ4n) is 5.20. The van der Waals surface area contributed by atoms with E-state index in [-0.39, 0.29) is 12.5 Å². The van der Waals surface area contributed by atoms with Gasteiger partial charge in [0.1, 0.15) is 35.9 Å². The van der Waals surface area contributed by atoms with Crippen molar-refractivity contribution in [3.05, 3.63) is 41.5 Å². The summed E-state index contributed by atoms with van der Waals surface area (Å²) in [6.07, 6.45) is -6.17. The smallest absolute Gasteiger partial charge is 0.388 e. The topological polar surface area (TPSA) is 120 Å². The van der Waals surface area contributed by atoms with E-state index >= 15 is 0 Å². The number of amides is 1. The maximum Gasteiger partial charge on any atom is 0.416 e. The number of halogens is 4. The van der Waals surface area contributed by atoms with Crippen molar-refractivity contribution in [1.82, 2.24) is 10.6 Å². The minimum atomic E-state index is -4.41. The first kappa shape index (κ1) is 29.6. The number of hydrogen-bond donors (Lipinski definition) is 5. The number of thioether (sulfide) groups is 1. The van der Waals surface area contributed by atoms with E-state index in [0.29, 0.717) is 18.5 Å². The van der Waals surface area contributed by atoms with Gasteiger partial charge in [0.05, 0.1) is 29.7 Å². The lowest BCUT2D eigenvalue weighted by atomic mass is 9.92. The van der Waals surface area contributed by atoms with Crippen molar-refractivity contribution in [2.75, 3.05) is 19.4 Å². The van der Waals surface area contributed by atoms with Gasteiger partial charge in [-0.25, -0.2) is 0 Å². The normalized spacial score (nSPS) is 35.6. The van der Waals surface area contributed by atoms with Gasteiger partial charge in [-0.1, -0.05) is 18.2 Å². The molecule has 1 aromatic carbocycles. The summed E-state index contributed by atoms with van der Waals surface area (Å²) >= 11 is 7.53. The third kappa shape index (κ3) is 6.17. The number of ether oxygens (including phenoxy) is 2. The van der Waals surface area contributed by atoms with E-state index in [2.05, 4.69) is 10.6 Å². The van der Waals surface area contributed by atoms with Gasteiger partial charge in [-0.3, -0.25) is 4.79 Å². The molecule has 4 rings (SSSR count). The zero-order chi connectivity index (χ0) is 27.8. The summed E-state index contributed by atoms with van der Waals surface area (Å²) in [6.45, 7) is 2.31. The highest BCUT2D eigenvalue weighted by atomic mass is 35.5. The number of alkyl halides is 4. The van der Waals surface area contributed by atoms with Crippen LogP contribution in [0.3, 0.4) is 0 Å². The second kappa shape index (κ2) is 12.0. The molecule has 0 aromatic heterocycles. The maximum atomic E-state index is 13.4. The number of nitrogens with one attached hydrogen (secondary N) is 2. The molecule has 3 aliphatic heterocycles. The summed E-state index contributed by atoms with van der Waals surface area (Å²) in [5, 5.41) is 36.3. The van der Waals surface area contributed by atoms with E-state index in [1.54, 1.807) is 13.2 Å². The standard InChI is InChI=1S/C25H32ClF3N2O6S/c1-11(26)16(22-19(33)18(32)20(34)24(37-22)38-2)31-23(35)17-21-14(10-30-17)9-13(7-8-36-21)12-3-5-15(6-4-12)25(27,28)29/h3-6,9,11,14,16-22,24,30,32-34H,7-8,10H2,1-2H3,(H,31,35)/t11-,14-,16+,17-,18?,19?,20+,21+,22+,24?/m0/s1. The Kier molecular flexibility index (Phi) is 9.36. The van der Waals surface area contributed by atoms with Crippen molar-refractivity contribution in [2.24, 2.45) is 5.92 Å². The van der Waals surface area contributed by atoms with Gasteiger partial charge in [0.2, 0.25) is 5.91 Å². The van der Waals surface area contributed by atoms with Gasteiger partial charge >= 0.3 is 6.18 Å². The minimum absolute atomic E-state index is 0.202. The molecule has 3 unspecified atom stereocenters. The monoisotopic (exact) mass is 580 g/mol. The Morgan fingerprint density at radius 2 is 1.87 bits per heavy atom. The number of carbonyl (C=O) groups is 1. The van der Waals surface area contributed by atoms with Crippen LogP contribution in [0.1, 0.15) is 24.5 Å².